The molecule has 1 aliphatic carbocycles. The fraction of sp³-hybridized carbons (Fsp3) is 0.929. The van der Waals surface area contributed by atoms with E-state index in [2.05, 4.69) is 10.2 Å². The molecule has 7 heteroatoms. The molecule has 1 atom stereocenters. The number of nitrogens with one attached hydrogen (secondary N) is 1. The van der Waals surface area contributed by atoms with Crippen molar-refractivity contribution in [1.29, 1.82) is 0 Å². The molecule has 2 aliphatic rings. The molecule has 1 heterocycles. The topological polar surface area (TPSA) is 75.7 Å². The van der Waals surface area contributed by atoms with Crippen molar-refractivity contribution in [3.05, 3.63) is 0 Å². The van der Waals surface area contributed by atoms with E-state index in [1.165, 1.54) is 7.11 Å². The summed E-state index contributed by atoms with van der Waals surface area (Å²) in [6.07, 6.45) is 3.80. The molecule has 21 heavy (non-hydrogen) atoms. The zero-order valence-electron chi connectivity index (χ0n) is 12.9. The third-order valence-electron chi connectivity index (χ3n) is 4.32. The summed E-state index contributed by atoms with van der Waals surface area (Å²) in [5, 5.41) is 3.38. The number of hydrogen-bond donors (Lipinski definition) is 1. The van der Waals surface area contributed by atoms with E-state index in [9.17, 15) is 13.2 Å². The van der Waals surface area contributed by atoms with Crippen LogP contribution in [0.4, 0.5) is 0 Å². The Morgan fingerprint density at radius 1 is 1.33 bits per heavy atom. The average Bonchev–Trinajstić information content (AvgIpc) is 3.23. The van der Waals surface area contributed by atoms with Crippen molar-refractivity contribution >= 4 is 15.8 Å². The number of carbonyl (C=O) groups excluding carboxylic acids is 1. The molecule has 1 saturated carbocycles. The van der Waals surface area contributed by atoms with Crippen molar-refractivity contribution in [2.24, 2.45) is 0 Å². The maximum atomic E-state index is 12.0. The maximum Gasteiger partial charge on any atom is 0.325 e. The number of hydrogen-bond acceptors (Lipinski definition) is 6. The molecule has 1 aliphatic heterocycles. The van der Waals surface area contributed by atoms with Crippen molar-refractivity contribution in [3.8, 4) is 0 Å². The number of ether oxygens (including phenoxy) is 1. The molecule has 122 valence electrons. The highest BCUT2D eigenvalue weighted by Gasteiger charge is 2.39. The van der Waals surface area contributed by atoms with Gasteiger partial charge in [-0.3, -0.25) is 10.1 Å². The molecule has 1 unspecified atom stereocenters. The van der Waals surface area contributed by atoms with Gasteiger partial charge in [0.15, 0.2) is 9.84 Å². The van der Waals surface area contributed by atoms with Crippen LogP contribution in [-0.2, 0) is 19.4 Å². The van der Waals surface area contributed by atoms with Crippen LogP contribution in [0.3, 0.4) is 0 Å². The molecule has 0 amide bonds. The summed E-state index contributed by atoms with van der Waals surface area (Å²) in [6.45, 7) is 3.94. The Hall–Kier alpha value is -0.660. The second-order valence-corrected chi connectivity index (χ2v) is 8.64. The van der Waals surface area contributed by atoms with E-state index in [0.717, 1.165) is 25.8 Å². The summed E-state index contributed by atoms with van der Waals surface area (Å²) in [6, 6.07) is 0.439. The van der Waals surface area contributed by atoms with Crippen LogP contribution in [0.2, 0.25) is 0 Å². The van der Waals surface area contributed by atoms with Gasteiger partial charge in [0.05, 0.1) is 18.6 Å². The maximum absolute atomic E-state index is 12.0. The van der Waals surface area contributed by atoms with Crippen LogP contribution < -0.4 is 5.32 Å². The molecule has 0 spiro atoms. The molecule has 0 aromatic heterocycles. The number of carbonyl (C=O) groups is 1. The largest absolute Gasteiger partial charge is 0.468 e. The first-order chi connectivity index (χ1) is 9.85. The van der Waals surface area contributed by atoms with Crippen LogP contribution in [0.5, 0.6) is 0 Å². The Morgan fingerprint density at radius 3 is 2.48 bits per heavy atom. The standard InChI is InChI=1S/C14H26N2O4S/c1-14(13(17)20-2,15-12-4-5-12)6-3-7-16-8-10-21(18,19)11-9-16/h12,15H,3-11H2,1-2H3. The van der Waals surface area contributed by atoms with Crippen molar-refractivity contribution in [2.75, 3.05) is 38.2 Å². The Labute approximate surface area is 127 Å². The van der Waals surface area contributed by atoms with Crippen molar-refractivity contribution in [1.82, 2.24) is 10.2 Å². The second-order valence-electron chi connectivity index (χ2n) is 6.34. The fourth-order valence-corrected chi connectivity index (χ4v) is 4.04. The molecule has 0 bridgehead atoms. The number of rotatable bonds is 7. The number of methoxy groups -OCH3 is 1. The number of nitrogens with zero attached hydrogens (tertiary/aromatic N) is 1. The lowest BCUT2D eigenvalue weighted by Crippen LogP contribution is -2.51. The first-order valence-corrected chi connectivity index (χ1v) is 9.46. The second kappa shape index (κ2) is 6.62. The van der Waals surface area contributed by atoms with Gasteiger partial charge in [0.1, 0.15) is 5.54 Å². The molecule has 0 aromatic carbocycles. The van der Waals surface area contributed by atoms with Crippen LogP contribution in [0, 0.1) is 0 Å². The molecule has 2 fully saturated rings. The van der Waals surface area contributed by atoms with E-state index >= 15 is 0 Å². The van der Waals surface area contributed by atoms with Crippen molar-refractivity contribution in [2.45, 2.75) is 44.2 Å². The smallest absolute Gasteiger partial charge is 0.325 e. The van der Waals surface area contributed by atoms with Crippen LogP contribution in [0.25, 0.3) is 0 Å². The highest BCUT2D eigenvalue weighted by Crippen LogP contribution is 2.25. The number of esters is 1. The molecular weight excluding hydrogens is 292 g/mol. The monoisotopic (exact) mass is 318 g/mol. The first-order valence-electron chi connectivity index (χ1n) is 7.63. The van der Waals surface area contributed by atoms with Crippen LogP contribution in [0.15, 0.2) is 0 Å². The van der Waals surface area contributed by atoms with E-state index in [1.807, 2.05) is 6.92 Å². The van der Waals surface area contributed by atoms with Gasteiger partial charge in [0, 0.05) is 19.1 Å². The summed E-state index contributed by atoms with van der Waals surface area (Å²) in [5.74, 6) is 0.291. The SMILES string of the molecule is COC(=O)C(C)(CCCN1CCS(=O)(=O)CC1)NC1CC1. The Balaban J connectivity index is 1.78. The zero-order valence-corrected chi connectivity index (χ0v) is 13.7. The van der Waals surface area contributed by atoms with E-state index in [1.54, 1.807) is 0 Å². The Bertz CT molecular complexity index is 461. The molecule has 6 nitrogen and oxygen atoms in total. The normalized spacial score (nSPS) is 25.2. The fourth-order valence-electron chi connectivity index (χ4n) is 2.77. The number of sulfone groups is 1. The van der Waals surface area contributed by atoms with Gasteiger partial charge in [-0.15, -0.1) is 0 Å². The molecule has 1 N–H and O–H groups in total. The predicted molar refractivity (Wildman–Crippen MR) is 80.9 cm³/mol. The molecule has 1 saturated heterocycles. The average molecular weight is 318 g/mol. The minimum absolute atomic E-state index is 0.212. The van der Waals surface area contributed by atoms with Gasteiger partial charge >= 0.3 is 5.97 Å². The van der Waals surface area contributed by atoms with Gasteiger partial charge in [0.2, 0.25) is 0 Å². The summed E-state index contributed by atoms with van der Waals surface area (Å²) in [7, 11) is -1.40. The third-order valence-corrected chi connectivity index (χ3v) is 5.93. The summed E-state index contributed by atoms with van der Waals surface area (Å²) < 4.78 is 27.7. The molecule has 0 radical (unpaired) electrons. The highest BCUT2D eigenvalue weighted by atomic mass is 32.2. The van der Waals surface area contributed by atoms with Crippen LogP contribution in [0.1, 0.15) is 32.6 Å². The van der Waals surface area contributed by atoms with E-state index < -0.39 is 15.4 Å². The quantitative estimate of drug-likeness (QED) is 0.675. The summed E-state index contributed by atoms with van der Waals surface area (Å²) >= 11 is 0. The molecule has 0 aromatic rings. The third kappa shape index (κ3) is 4.93. The minimum atomic E-state index is -2.82. The van der Waals surface area contributed by atoms with Crippen molar-refractivity contribution in [3.63, 3.8) is 0 Å². The molecular formula is C14H26N2O4S. The van der Waals surface area contributed by atoms with Crippen molar-refractivity contribution < 1.29 is 17.9 Å². The van der Waals surface area contributed by atoms with Crippen LogP contribution in [-0.4, -0.2) is 69.1 Å². The van der Waals surface area contributed by atoms with E-state index in [4.69, 9.17) is 4.74 Å². The lowest BCUT2D eigenvalue weighted by Gasteiger charge is -2.31. The van der Waals surface area contributed by atoms with Gasteiger partial charge in [0.25, 0.3) is 0 Å². The lowest BCUT2D eigenvalue weighted by atomic mass is 9.95. The van der Waals surface area contributed by atoms with Gasteiger partial charge < -0.3 is 9.64 Å². The summed E-state index contributed by atoms with van der Waals surface area (Å²) in [4.78, 5) is 14.1. The van der Waals surface area contributed by atoms with Crippen LogP contribution >= 0.6 is 0 Å². The van der Waals surface area contributed by atoms with E-state index in [-0.39, 0.29) is 17.5 Å². The van der Waals surface area contributed by atoms with Gasteiger partial charge in [-0.1, -0.05) is 0 Å². The first kappa shape index (κ1) is 16.7. The predicted octanol–water partition coefficient (Wildman–Crippen LogP) is 0.181. The summed E-state index contributed by atoms with van der Waals surface area (Å²) in [5.41, 5.74) is -0.627. The lowest BCUT2D eigenvalue weighted by molar-refractivity contribution is -0.148. The van der Waals surface area contributed by atoms with Gasteiger partial charge in [-0.2, -0.15) is 0 Å². The van der Waals surface area contributed by atoms with E-state index in [0.29, 0.717) is 25.6 Å². The Kier molecular flexibility index (Phi) is 5.27. The minimum Gasteiger partial charge on any atom is -0.468 e. The zero-order chi connectivity index (χ0) is 15.5. The van der Waals surface area contributed by atoms with Gasteiger partial charge in [-0.25, -0.2) is 8.42 Å². The molecule has 2 rings (SSSR count). The highest BCUT2D eigenvalue weighted by molar-refractivity contribution is 7.91. The Morgan fingerprint density at radius 2 is 1.95 bits per heavy atom. The van der Waals surface area contributed by atoms with Gasteiger partial charge in [-0.05, 0) is 39.2 Å².